The molecule has 4 aromatic rings. The van der Waals surface area contributed by atoms with Gasteiger partial charge in [0.25, 0.3) is 5.91 Å². The molecule has 0 radical (unpaired) electrons. The number of nitrogens with zero attached hydrogens (tertiary/aromatic N) is 3. The van der Waals surface area contributed by atoms with E-state index in [4.69, 9.17) is 0 Å². The number of hydrogen-bond donors (Lipinski definition) is 1. The SMILES string of the molecule is O=C(N/N=C/c1cn(Cc2ccccc2)c2ccccc12)c1cncc(Br)c1. The third-order valence-corrected chi connectivity index (χ3v) is 4.79. The van der Waals surface area contributed by atoms with Gasteiger partial charge in [-0.15, -0.1) is 0 Å². The van der Waals surface area contributed by atoms with Crippen molar-refractivity contribution in [1.82, 2.24) is 15.0 Å². The molecule has 6 heteroatoms. The van der Waals surface area contributed by atoms with E-state index in [1.165, 1.54) is 11.8 Å². The highest BCUT2D eigenvalue weighted by molar-refractivity contribution is 9.10. The summed E-state index contributed by atoms with van der Waals surface area (Å²) in [5, 5.41) is 5.22. The fraction of sp³-hybridized carbons (Fsp3) is 0.0455. The Labute approximate surface area is 170 Å². The molecule has 0 bridgehead atoms. The van der Waals surface area contributed by atoms with Crippen LogP contribution >= 0.6 is 15.9 Å². The fourth-order valence-corrected chi connectivity index (χ4v) is 3.41. The van der Waals surface area contributed by atoms with E-state index in [9.17, 15) is 4.79 Å². The first-order valence-electron chi connectivity index (χ1n) is 8.76. The van der Waals surface area contributed by atoms with Crippen LogP contribution in [0.25, 0.3) is 10.9 Å². The second-order valence-electron chi connectivity index (χ2n) is 6.31. The zero-order valence-corrected chi connectivity index (χ0v) is 16.5. The van der Waals surface area contributed by atoms with Gasteiger partial charge in [-0.25, -0.2) is 5.43 Å². The van der Waals surface area contributed by atoms with Crippen LogP contribution in [0.1, 0.15) is 21.5 Å². The third-order valence-electron chi connectivity index (χ3n) is 4.35. The number of carbonyl (C=O) groups is 1. The first kappa shape index (κ1) is 18.1. The van der Waals surface area contributed by atoms with Crippen LogP contribution in [0.2, 0.25) is 0 Å². The van der Waals surface area contributed by atoms with Gasteiger partial charge in [0, 0.05) is 46.1 Å². The Morgan fingerprint density at radius 3 is 2.71 bits per heavy atom. The van der Waals surface area contributed by atoms with Gasteiger partial charge in [-0.3, -0.25) is 9.78 Å². The molecule has 0 atom stereocenters. The molecule has 5 nitrogen and oxygen atoms in total. The number of amides is 1. The second-order valence-corrected chi connectivity index (χ2v) is 7.22. The number of hydrogen-bond acceptors (Lipinski definition) is 3. The number of nitrogens with one attached hydrogen (secondary N) is 1. The molecule has 1 amide bonds. The van der Waals surface area contributed by atoms with E-state index >= 15 is 0 Å². The minimum atomic E-state index is -0.307. The van der Waals surface area contributed by atoms with Crippen molar-refractivity contribution in [1.29, 1.82) is 0 Å². The maximum Gasteiger partial charge on any atom is 0.272 e. The van der Waals surface area contributed by atoms with Crippen molar-refractivity contribution in [3.63, 3.8) is 0 Å². The Kier molecular flexibility index (Phi) is 5.30. The number of rotatable bonds is 5. The summed E-state index contributed by atoms with van der Waals surface area (Å²) in [6.07, 6.45) is 6.85. The molecule has 0 saturated heterocycles. The zero-order chi connectivity index (χ0) is 19.3. The number of hydrazone groups is 1. The summed E-state index contributed by atoms with van der Waals surface area (Å²) in [7, 11) is 0. The summed E-state index contributed by atoms with van der Waals surface area (Å²) in [6.45, 7) is 0.769. The standard InChI is InChI=1S/C22H17BrN4O/c23-19-10-17(11-24-13-19)22(28)26-25-12-18-15-27(14-16-6-2-1-3-7-16)21-9-5-4-8-20(18)21/h1-13,15H,14H2,(H,26,28)/b25-12+. The Morgan fingerprint density at radius 1 is 1.11 bits per heavy atom. The molecule has 138 valence electrons. The van der Waals surface area contributed by atoms with Gasteiger partial charge >= 0.3 is 0 Å². The quantitative estimate of drug-likeness (QED) is 0.369. The highest BCUT2D eigenvalue weighted by atomic mass is 79.9. The average molecular weight is 433 g/mol. The molecule has 4 rings (SSSR count). The lowest BCUT2D eigenvalue weighted by molar-refractivity contribution is 0.0954. The molecule has 1 N–H and O–H groups in total. The van der Waals surface area contributed by atoms with E-state index < -0.39 is 0 Å². The number of aromatic nitrogens is 2. The van der Waals surface area contributed by atoms with Gasteiger partial charge in [-0.05, 0) is 33.6 Å². The van der Waals surface area contributed by atoms with Gasteiger partial charge in [0.15, 0.2) is 0 Å². The lowest BCUT2D eigenvalue weighted by atomic mass is 10.2. The molecule has 0 aliphatic rings. The van der Waals surface area contributed by atoms with Crippen molar-refractivity contribution in [2.24, 2.45) is 5.10 Å². The maximum absolute atomic E-state index is 12.2. The second kappa shape index (κ2) is 8.19. The Balaban J connectivity index is 1.57. The predicted molar refractivity (Wildman–Crippen MR) is 114 cm³/mol. The molecule has 0 unspecified atom stereocenters. The number of pyridine rings is 1. The van der Waals surface area contributed by atoms with E-state index in [0.717, 1.165) is 27.5 Å². The van der Waals surface area contributed by atoms with Crippen molar-refractivity contribution in [3.8, 4) is 0 Å². The van der Waals surface area contributed by atoms with Crippen LogP contribution in [0.4, 0.5) is 0 Å². The summed E-state index contributed by atoms with van der Waals surface area (Å²) in [5.41, 5.74) is 6.29. The van der Waals surface area contributed by atoms with Crippen molar-refractivity contribution in [3.05, 3.63) is 100 Å². The highest BCUT2D eigenvalue weighted by Gasteiger charge is 2.08. The van der Waals surface area contributed by atoms with E-state index in [1.807, 2.05) is 36.5 Å². The molecule has 2 heterocycles. The number of halogens is 1. The maximum atomic E-state index is 12.2. The summed E-state index contributed by atoms with van der Waals surface area (Å²) >= 11 is 3.31. The third kappa shape index (κ3) is 4.02. The zero-order valence-electron chi connectivity index (χ0n) is 14.9. The predicted octanol–water partition coefficient (Wildman–Crippen LogP) is 4.61. The van der Waals surface area contributed by atoms with Gasteiger partial charge in [-0.2, -0.15) is 5.10 Å². The van der Waals surface area contributed by atoms with Crippen LogP contribution < -0.4 is 5.43 Å². The summed E-state index contributed by atoms with van der Waals surface area (Å²) in [5.74, 6) is -0.307. The monoisotopic (exact) mass is 432 g/mol. The molecule has 2 aromatic heterocycles. The number of carbonyl (C=O) groups excluding carboxylic acids is 1. The van der Waals surface area contributed by atoms with Crippen LogP contribution in [-0.4, -0.2) is 21.7 Å². The average Bonchev–Trinajstić information content (AvgIpc) is 3.06. The minimum Gasteiger partial charge on any atom is -0.342 e. The van der Waals surface area contributed by atoms with Crippen LogP contribution in [0, 0.1) is 0 Å². The topological polar surface area (TPSA) is 59.3 Å². The first-order chi connectivity index (χ1) is 13.7. The van der Waals surface area contributed by atoms with Gasteiger partial charge in [-0.1, -0.05) is 48.5 Å². The molecule has 0 aliphatic heterocycles. The molecule has 0 spiro atoms. The smallest absolute Gasteiger partial charge is 0.272 e. The number of fused-ring (bicyclic) bond motifs is 1. The van der Waals surface area contributed by atoms with E-state index in [1.54, 1.807) is 18.5 Å². The largest absolute Gasteiger partial charge is 0.342 e. The highest BCUT2D eigenvalue weighted by Crippen LogP contribution is 2.21. The minimum absolute atomic E-state index is 0.307. The summed E-state index contributed by atoms with van der Waals surface area (Å²) < 4.78 is 2.93. The van der Waals surface area contributed by atoms with E-state index in [-0.39, 0.29) is 5.91 Å². The first-order valence-corrected chi connectivity index (χ1v) is 9.56. The Bertz CT molecular complexity index is 1150. The molecule has 0 aliphatic carbocycles. The fourth-order valence-electron chi connectivity index (χ4n) is 3.05. The van der Waals surface area contributed by atoms with Gasteiger partial charge < -0.3 is 4.57 Å². The number of benzene rings is 2. The summed E-state index contributed by atoms with van der Waals surface area (Å²) in [4.78, 5) is 16.2. The molecule has 28 heavy (non-hydrogen) atoms. The summed E-state index contributed by atoms with van der Waals surface area (Å²) in [6, 6.07) is 20.2. The molecular weight excluding hydrogens is 416 g/mol. The molecular formula is C22H17BrN4O. The van der Waals surface area contributed by atoms with E-state index in [0.29, 0.717) is 5.56 Å². The molecule has 0 fully saturated rings. The molecule has 2 aromatic carbocycles. The van der Waals surface area contributed by atoms with E-state index in [2.05, 4.69) is 60.3 Å². The Hall–Kier alpha value is -3.25. The van der Waals surface area contributed by atoms with Crippen molar-refractivity contribution >= 4 is 39.0 Å². The van der Waals surface area contributed by atoms with Crippen LogP contribution in [0.5, 0.6) is 0 Å². The van der Waals surface area contributed by atoms with Gasteiger partial charge in [0.05, 0.1) is 11.8 Å². The van der Waals surface area contributed by atoms with Crippen LogP contribution in [-0.2, 0) is 6.54 Å². The normalized spacial score (nSPS) is 11.2. The van der Waals surface area contributed by atoms with Crippen molar-refractivity contribution < 1.29 is 4.79 Å². The lowest BCUT2D eigenvalue weighted by Gasteiger charge is -2.05. The Morgan fingerprint density at radius 2 is 1.89 bits per heavy atom. The number of para-hydroxylation sites is 1. The van der Waals surface area contributed by atoms with Gasteiger partial charge in [0.1, 0.15) is 0 Å². The van der Waals surface area contributed by atoms with Crippen LogP contribution in [0.3, 0.4) is 0 Å². The molecule has 0 saturated carbocycles. The lowest BCUT2D eigenvalue weighted by Crippen LogP contribution is -2.17. The van der Waals surface area contributed by atoms with Crippen LogP contribution in [0.15, 0.2) is 88.8 Å². The van der Waals surface area contributed by atoms with Crippen molar-refractivity contribution in [2.45, 2.75) is 6.54 Å². The van der Waals surface area contributed by atoms with Gasteiger partial charge in [0.2, 0.25) is 0 Å². The van der Waals surface area contributed by atoms with Crippen molar-refractivity contribution in [2.75, 3.05) is 0 Å².